The number of β-amino-alcohol motifs (C(OH)–C–C–N with tert-alkyl or cyclic N) is 1. The van der Waals surface area contributed by atoms with Crippen LogP contribution in [0, 0.1) is 0 Å². The van der Waals surface area contributed by atoms with Gasteiger partial charge in [-0.1, -0.05) is 5.16 Å². The quantitative estimate of drug-likeness (QED) is 0.752. The summed E-state index contributed by atoms with van der Waals surface area (Å²) in [6.07, 6.45) is 3.24. The summed E-state index contributed by atoms with van der Waals surface area (Å²) in [5, 5.41) is 19.7. The van der Waals surface area contributed by atoms with Crippen molar-refractivity contribution in [3.63, 3.8) is 0 Å². The Morgan fingerprint density at radius 2 is 2.38 bits per heavy atom. The molecule has 6 nitrogen and oxygen atoms in total. The third-order valence-corrected chi connectivity index (χ3v) is 4.60. The van der Waals surface area contributed by atoms with Gasteiger partial charge in [0, 0.05) is 18.3 Å². The summed E-state index contributed by atoms with van der Waals surface area (Å²) in [6, 6.07) is 3.96. The fourth-order valence-corrected chi connectivity index (χ4v) is 3.35. The molecule has 0 aliphatic carbocycles. The van der Waals surface area contributed by atoms with Crippen molar-refractivity contribution in [2.45, 2.75) is 18.4 Å². The van der Waals surface area contributed by atoms with E-state index in [4.69, 9.17) is 4.52 Å². The van der Waals surface area contributed by atoms with Crippen LogP contribution in [0.3, 0.4) is 0 Å². The molecule has 0 saturated carbocycles. The van der Waals surface area contributed by atoms with Gasteiger partial charge in [-0.05, 0) is 36.9 Å². The molecule has 3 aromatic heterocycles. The van der Waals surface area contributed by atoms with Crippen LogP contribution in [0.4, 0.5) is 0 Å². The second-order valence-corrected chi connectivity index (χ2v) is 6.21. The lowest BCUT2D eigenvalue weighted by molar-refractivity contribution is -0.0167. The molecule has 4 rings (SSSR count). The van der Waals surface area contributed by atoms with Gasteiger partial charge in [0.2, 0.25) is 5.82 Å². The van der Waals surface area contributed by atoms with E-state index < -0.39 is 5.60 Å². The van der Waals surface area contributed by atoms with E-state index in [2.05, 4.69) is 20.4 Å². The third-order valence-electron chi connectivity index (χ3n) is 3.75. The van der Waals surface area contributed by atoms with Gasteiger partial charge >= 0.3 is 0 Å². The van der Waals surface area contributed by atoms with Gasteiger partial charge in [0.15, 0.2) is 5.60 Å². The summed E-state index contributed by atoms with van der Waals surface area (Å²) < 4.78 is 6.36. The summed E-state index contributed by atoms with van der Waals surface area (Å²) in [4.78, 5) is 8.73. The lowest BCUT2D eigenvalue weighted by Gasteiger charge is -2.28. The van der Waals surface area contributed by atoms with Gasteiger partial charge in [-0.25, -0.2) is 0 Å². The van der Waals surface area contributed by atoms with Crippen molar-refractivity contribution in [3.8, 4) is 11.4 Å². The van der Waals surface area contributed by atoms with Crippen molar-refractivity contribution in [2.75, 3.05) is 13.1 Å². The molecule has 7 heteroatoms. The Morgan fingerprint density at radius 1 is 1.43 bits per heavy atom. The molecular weight excluding hydrogens is 288 g/mol. The van der Waals surface area contributed by atoms with E-state index in [1.54, 1.807) is 17.5 Å². The predicted octanol–water partition coefficient (Wildman–Crippen LogP) is 1.92. The smallest absolute Gasteiger partial charge is 0.260 e. The zero-order chi connectivity index (χ0) is 14.3. The minimum atomic E-state index is -1.07. The third kappa shape index (κ3) is 2.23. The Bertz CT molecular complexity index is 776. The van der Waals surface area contributed by atoms with Crippen molar-refractivity contribution >= 4 is 21.6 Å². The maximum Gasteiger partial charge on any atom is 0.260 e. The van der Waals surface area contributed by atoms with Gasteiger partial charge in [-0.15, -0.1) is 11.3 Å². The maximum absolute atomic E-state index is 10.6. The highest BCUT2D eigenvalue weighted by atomic mass is 32.1. The highest BCUT2D eigenvalue weighted by molar-refractivity contribution is 7.17. The minimum absolute atomic E-state index is 0.274. The Morgan fingerprint density at radius 3 is 3.24 bits per heavy atom. The van der Waals surface area contributed by atoms with E-state index in [-0.39, 0.29) is 5.89 Å². The normalized spacial score (nSPS) is 22.7. The minimum Gasteiger partial charge on any atom is -0.379 e. The van der Waals surface area contributed by atoms with E-state index in [0.717, 1.165) is 28.7 Å². The molecule has 0 aromatic carbocycles. The first-order valence-electron chi connectivity index (χ1n) is 6.86. The number of aliphatic hydroxyl groups is 1. The van der Waals surface area contributed by atoms with Gasteiger partial charge in [0.25, 0.3) is 5.89 Å². The second kappa shape index (κ2) is 4.87. The van der Waals surface area contributed by atoms with Crippen LogP contribution < -0.4 is 5.32 Å². The molecule has 0 bridgehead atoms. The van der Waals surface area contributed by atoms with Crippen molar-refractivity contribution in [2.24, 2.45) is 0 Å². The number of aromatic nitrogens is 3. The standard InChI is InChI=1S/C14H14N4O2S/c19-14(3-1-4-15-8-14)13-17-12(18-20-13)9-6-11-10(16-7-9)2-5-21-11/h2,5-7,15,19H,1,3-4,8H2. The number of pyridine rings is 1. The van der Waals surface area contributed by atoms with Crippen LogP contribution in [0.2, 0.25) is 0 Å². The molecule has 2 N–H and O–H groups in total. The van der Waals surface area contributed by atoms with Crippen LogP contribution in [-0.4, -0.2) is 33.3 Å². The fraction of sp³-hybridized carbons (Fsp3) is 0.357. The van der Waals surface area contributed by atoms with Crippen molar-refractivity contribution in [1.29, 1.82) is 0 Å². The lowest BCUT2D eigenvalue weighted by Crippen LogP contribution is -2.43. The summed E-state index contributed by atoms with van der Waals surface area (Å²) in [7, 11) is 0. The second-order valence-electron chi connectivity index (χ2n) is 5.26. The lowest BCUT2D eigenvalue weighted by atomic mass is 9.94. The Labute approximate surface area is 124 Å². The monoisotopic (exact) mass is 302 g/mol. The van der Waals surface area contributed by atoms with Crippen molar-refractivity contribution in [3.05, 3.63) is 29.6 Å². The molecule has 4 heterocycles. The number of thiophene rings is 1. The van der Waals surface area contributed by atoms with Crippen LogP contribution in [0.5, 0.6) is 0 Å². The van der Waals surface area contributed by atoms with Crippen LogP contribution in [-0.2, 0) is 5.60 Å². The zero-order valence-corrected chi connectivity index (χ0v) is 12.1. The topological polar surface area (TPSA) is 84.1 Å². The van der Waals surface area contributed by atoms with Gasteiger partial charge in [-0.2, -0.15) is 4.98 Å². The summed E-state index contributed by atoms with van der Waals surface area (Å²) in [6.45, 7) is 1.35. The number of fused-ring (bicyclic) bond motifs is 1. The van der Waals surface area contributed by atoms with E-state index in [0.29, 0.717) is 18.8 Å². The zero-order valence-electron chi connectivity index (χ0n) is 11.2. The SMILES string of the molecule is OC1(c2nc(-c3cnc4ccsc4c3)no2)CCCNC1. The molecule has 1 saturated heterocycles. The first-order valence-corrected chi connectivity index (χ1v) is 7.73. The molecule has 1 aliphatic heterocycles. The fourth-order valence-electron chi connectivity index (χ4n) is 2.57. The molecular formula is C14H14N4O2S. The van der Waals surface area contributed by atoms with E-state index >= 15 is 0 Å². The van der Waals surface area contributed by atoms with Crippen LogP contribution >= 0.6 is 11.3 Å². The molecule has 1 unspecified atom stereocenters. The molecule has 1 aliphatic rings. The van der Waals surface area contributed by atoms with Crippen molar-refractivity contribution < 1.29 is 9.63 Å². The largest absolute Gasteiger partial charge is 0.379 e. The number of nitrogens with zero attached hydrogens (tertiary/aromatic N) is 3. The molecule has 21 heavy (non-hydrogen) atoms. The molecule has 1 atom stereocenters. The van der Waals surface area contributed by atoms with Crippen LogP contribution in [0.15, 0.2) is 28.2 Å². The highest BCUT2D eigenvalue weighted by Crippen LogP contribution is 2.29. The highest BCUT2D eigenvalue weighted by Gasteiger charge is 2.37. The van der Waals surface area contributed by atoms with Crippen LogP contribution in [0.1, 0.15) is 18.7 Å². The van der Waals surface area contributed by atoms with E-state index in [9.17, 15) is 5.11 Å². The van der Waals surface area contributed by atoms with Gasteiger partial charge < -0.3 is 14.9 Å². The average molecular weight is 302 g/mol. The molecule has 0 amide bonds. The molecule has 3 aromatic rings. The summed E-state index contributed by atoms with van der Waals surface area (Å²) >= 11 is 1.62. The van der Waals surface area contributed by atoms with Gasteiger partial charge in [0.1, 0.15) is 0 Å². The number of nitrogens with one attached hydrogen (secondary N) is 1. The first-order chi connectivity index (χ1) is 10.2. The summed E-state index contributed by atoms with van der Waals surface area (Å²) in [5.41, 5.74) is 0.694. The van der Waals surface area contributed by atoms with Gasteiger partial charge in [-0.3, -0.25) is 4.98 Å². The maximum atomic E-state index is 10.6. The first kappa shape index (κ1) is 12.9. The molecule has 108 valence electrons. The molecule has 0 radical (unpaired) electrons. The Hall–Kier alpha value is -1.83. The van der Waals surface area contributed by atoms with E-state index in [1.807, 2.05) is 17.5 Å². The van der Waals surface area contributed by atoms with Crippen LogP contribution in [0.25, 0.3) is 21.6 Å². The molecule has 0 spiro atoms. The Kier molecular flexibility index (Phi) is 2.99. The Balaban J connectivity index is 1.70. The van der Waals surface area contributed by atoms with Crippen molar-refractivity contribution in [1.82, 2.24) is 20.4 Å². The van der Waals surface area contributed by atoms with E-state index in [1.165, 1.54) is 0 Å². The average Bonchev–Trinajstić information content (AvgIpc) is 3.17. The number of hydrogen-bond acceptors (Lipinski definition) is 7. The molecule has 1 fully saturated rings. The predicted molar refractivity (Wildman–Crippen MR) is 78.9 cm³/mol. The summed E-state index contributed by atoms with van der Waals surface area (Å²) in [5.74, 6) is 0.739. The van der Waals surface area contributed by atoms with Gasteiger partial charge in [0.05, 0.1) is 10.2 Å². The number of piperidine rings is 1. The number of hydrogen-bond donors (Lipinski definition) is 2. The number of rotatable bonds is 2.